The molecular weight excluding hydrogens is 365 g/mol. The number of nitrogens with zero attached hydrogens (tertiary/aromatic N) is 4. The number of carbonyl (C=O) groups is 1. The number of nitrogens with two attached hydrogens (primary N) is 1. The van der Waals surface area contributed by atoms with Gasteiger partial charge in [-0.2, -0.15) is 10.4 Å². The molecule has 2 heterocycles. The van der Waals surface area contributed by atoms with Crippen LogP contribution in [-0.4, -0.2) is 27.4 Å². The summed E-state index contributed by atoms with van der Waals surface area (Å²) in [6, 6.07) is 6.99. The molecule has 0 unspecified atom stereocenters. The molecule has 3 aromatic rings. The van der Waals surface area contributed by atoms with Crippen molar-refractivity contribution in [3.8, 4) is 17.4 Å². The zero-order valence-corrected chi connectivity index (χ0v) is 14.4. The van der Waals surface area contributed by atoms with Crippen molar-refractivity contribution in [2.24, 2.45) is 0 Å². The molecule has 9 heteroatoms. The number of hydrogen-bond donors (Lipinski definition) is 1. The monoisotopic (exact) mass is 375 g/mol. The average molecular weight is 376 g/mol. The number of rotatable bonds is 3. The van der Waals surface area contributed by atoms with Crippen molar-refractivity contribution in [2.75, 3.05) is 12.8 Å². The fraction of sp³-hybridized carbons (Fsp3) is 0.0625. The van der Waals surface area contributed by atoms with Gasteiger partial charge in [-0.25, -0.2) is 9.48 Å². The number of halogens is 2. The van der Waals surface area contributed by atoms with E-state index >= 15 is 0 Å². The number of anilines is 1. The Morgan fingerprint density at radius 2 is 2.12 bits per heavy atom. The van der Waals surface area contributed by atoms with Crippen LogP contribution in [0.5, 0.6) is 0 Å². The SMILES string of the molecule is COC(=O)c1c(N)c(C#N)cn1-c1ccc(-n2cc(Cl)cn2)c(Cl)c1. The molecule has 3 rings (SSSR count). The molecule has 0 fully saturated rings. The van der Waals surface area contributed by atoms with Crippen molar-refractivity contribution < 1.29 is 9.53 Å². The number of carbonyl (C=O) groups excluding carboxylic acids is 1. The van der Waals surface area contributed by atoms with Crippen molar-refractivity contribution in [1.29, 1.82) is 5.26 Å². The van der Waals surface area contributed by atoms with Gasteiger partial charge in [0.05, 0.1) is 40.3 Å². The Balaban J connectivity index is 2.13. The maximum absolute atomic E-state index is 12.0. The van der Waals surface area contributed by atoms with Gasteiger partial charge in [-0.1, -0.05) is 23.2 Å². The van der Waals surface area contributed by atoms with Crippen LogP contribution in [0, 0.1) is 11.3 Å². The summed E-state index contributed by atoms with van der Waals surface area (Å²) in [6.45, 7) is 0. The molecular formula is C16H11Cl2N5O2. The molecule has 0 amide bonds. The molecule has 25 heavy (non-hydrogen) atoms. The minimum Gasteiger partial charge on any atom is -0.464 e. The molecule has 0 atom stereocenters. The van der Waals surface area contributed by atoms with Crippen molar-refractivity contribution in [3.05, 3.63) is 58.1 Å². The largest absolute Gasteiger partial charge is 0.464 e. The summed E-state index contributed by atoms with van der Waals surface area (Å²) >= 11 is 12.2. The molecule has 0 saturated heterocycles. The Bertz CT molecular complexity index is 1020. The van der Waals surface area contributed by atoms with E-state index in [0.717, 1.165) is 0 Å². The highest BCUT2D eigenvalue weighted by Crippen LogP contribution is 2.29. The van der Waals surface area contributed by atoms with Crippen LogP contribution in [0.4, 0.5) is 5.69 Å². The highest BCUT2D eigenvalue weighted by Gasteiger charge is 2.22. The molecule has 0 aliphatic heterocycles. The quantitative estimate of drug-likeness (QED) is 0.708. The number of aromatic nitrogens is 3. The lowest BCUT2D eigenvalue weighted by atomic mass is 10.2. The maximum Gasteiger partial charge on any atom is 0.357 e. The number of benzene rings is 1. The summed E-state index contributed by atoms with van der Waals surface area (Å²) in [5.74, 6) is -0.655. The molecule has 0 aliphatic carbocycles. The lowest BCUT2D eigenvalue weighted by Gasteiger charge is -2.11. The maximum atomic E-state index is 12.0. The molecule has 0 spiro atoms. The normalized spacial score (nSPS) is 10.5. The summed E-state index contributed by atoms with van der Waals surface area (Å²) in [4.78, 5) is 12.0. The third kappa shape index (κ3) is 2.93. The first-order valence-corrected chi connectivity index (χ1v) is 7.71. The van der Waals surface area contributed by atoms with Gasteiger partial charge in [-0.05, 0) is 18.2 Å². The summed E-state index contributed by atoms with van der Waals surface area (Å²) in [6.07, 6.45) is 4.56. The standard InChI is InChI=1S/C16H11Cl2N5O2/c1-25-16(24)15-14(20)9(5-19)7-22(15)11-2-3-13(12(18)4-11)23-8-10(17)6-21-23/h2-4,6-8H,20H2,1H3. The van der Waals surface area contributed by atoms with Crippen LogP contribution in [0.1, 0.15) is 16.1 Å². The second-order valence-electron chi connectivity index (χ2n) is 5.02. The van der Waals surface area contributed by atoms with Crippen molar-refractivity contribution in [3.63, 3.8) is 0 Å². The van der Waals surface area contributed by atoms with Gasteiger partial charge in [0.1, 0.15) is 6.07 Å². The van der Waals surface area contributed by atoms with E-state index in [1.165, 1.54) is 28.8 Å². The molecule has 2 aromatic heterocycles. The van der Waals surface area contributed by atoms with Gasteiger partial charge < -0.3 is 15.0 Å². The number of hydrogen-bond acceptors (Lipinski definition) is 5. The van der Waals surface area contributed by atoms with Crippen molar-refractivity contribution >= 4 is 34.9 Å². The van der Waals surface area contributed by atoms with E-state index in [-0.39, 0.29) is 16.9 Å². The van der Waals surface area contributed by atoms with Crippen LogP contribution >= 0.6 is 23.2 Å². The van der Waals surface area contributed by atoms with E-state index in [1.54, 1.807) is 24.4 Å². The summed E-state index contributed by atoms with van der Waals surface area (Å²) in [7, 11) is 1.24. The van der Waals surface area contributed by atoms with E-state index in [2.05, 4.69) is 5.10 Å². The van der Waals surface area contributed by atoms with Crippen LogP contribution in [0.2, 0.25) is 10.0 Å². The van der Waals surface area contributed by atoms with Gasteiger partial charge in [-0.15, -0.1) is 0 Å². The predicted molar refractivity (Wildman–Crippen MR) is 93.4 cm³/mol. The van der Waals surface area contributed by atoms with E-state index in [9.17, 15) is 4.79 Å². The van der Waals surface area contributed by atoms with E-state index in [4.69, 9.17) is 38.9 Å². The highest BCUT2D eigenvalue weighted by molar-refractivity contribution is 6.32. The fourth-order valence-electron chi connectivity index (χ4n) is 2.38. The van der Waals surface area contributed by atoms with Gasteiger partial charge in [0.15, 0.2) is 5.69 Å². The van der Waals surface area contributed by atoms with Crippen LogP contribution < -0.4 is 5.73 Å². The summed E-state index contributed by atoms with van der Waals surface area (Å²) in [5.41, 5.74) is 7.31. The first-order valence-electron chi connectivity index (χ1n) is 6.96. The van der Waals surface area contributed by atoms with Crippen LogP contribution in [0.3, 0.4) is 0 Å². The number of methoxy groups -OCH3 is 1. The first kappa shape index (κ1) is 16.9. The van der Waals surface area contributed by atoms with Crippen LogP contribution in [0.25, 0.3) is 11.4 Å². The molecule has 0 aliphatic rings. The van der Waals surface area contributed by atoms with Gasteiger partial charge in [0, 0.05) is 18.1 Å². The number of nitriles is 1. The third-order valence-corrected chi connectivity index (χ3v) is 4.05. The Kier molecular flexibility index (Phi) is 4.40. The molecule has 2 N–H and O–H groups in total. The van der Waals surface area contributed by atoms with Gasteiger partial charge in [0.25, 0.3) is 0 Å². The minimum absolute atomic E-state index is 0.0495. The first-order chi connectivity index (χ1) is 12.0. The summed E-state index contributed by atoms with van der Waals surface area (Å²) < 4.78 is 7.74. The third-order valence-electron chi connectivity index (χ3n) is 3.55. The molecule has 1 aromatic carbocycles. The Morgan fingerprint density at radius 3 is 2.68 bits per heavy atom. The smallest absolute Gasteiger partial charge is 0.357 e. The molecule has 126 valence electrons. The average Bonchev–Trinajstić information content (AvgIpc) is 3.17. The van der Waals surface area contributed by atoms with Gasteiger partial charge in [-0.3, -0.25) is 0 Å². The molecule has 0 radical (unpaired) electrons. The number of nitrogen functional groups attached to an aromatic ring is 1. The number of esters is 1. The fourth-order valence-corrected chi connectivity index (χ4v) is 2.78. The zero-order valence-electron chi connectivity index (χ0n) is 12.9. The molecule has 0 bridgehead atoms. The molecule has 7 nitrogen and oxygen atoms in total. The van der Waals surface area contributed by atoms with E-state index in [0.29, 0.717) is 21.4 Å². The van der Waals surface area contributed by atoms with Crippen LogP contribution in [0.15, 0.2) is 36.8 Å². The Morgan fingerprint density at radius 1 is 1.36 bits per heavy atom. The second kappa shape index (κ2) is 6.51. The molecule has 0 saturated carbocycles. The zero-order chi connectivity index (χ0) is 18.1. The lowest BCUT2D eigenvalue weighted by Crippen LogP contribution is -2.11. The van der Waals surface area contributed by atoms with Crippen LogP contribution in [-0.2, 0) is 4.74 Å². The van der Waals surface area contributed by atoms with Gasteiger partial charge >= 0.3 is 5.97 Å². The topological polar surface area (TPSA) is 98.9 Å². The Hall–Kier alpha value is -2.95. The lowest BCUT2D eigenvalue weighted by molar-refractivity contribution is 0.0593. The number of ether oxygens (including phenoxy) is 1. The highest BCUT2D eigenvalue weighted by atomic mass is 35.5. The summed E-state index contributed by atoms with van der Waals surface area (Å²) in [5, 5.41) is 14.1. The second-order valence-corrected chi connectivity index (χ2v) is 5.86. The van der Waals surface area contributed by atoms with E-state index in [1.807, 2.05) is 6.07 Å². The van der Waals surface area contributed by atoms with Gasteiger partial charge in [0.2, 0.25) is 0 Å². The Labute approximate surface area is 152 Å². The van der Waals surface area contributed by atoms with Crippen molar-refractivity contribution in [2.45, 2.75) is 0 Å². The minimum atomic E-state index is -0.655. The van der Waals surface area contributed by atoms with E-state index < -0.39 is 5.97 Å². The van der Waals surface area contributed by atoms with Crippen molar-refractivity contribution in [1.82, 2.24) is 14.3 Å². The predicted octanol–water partition coefficient (Wildman–Crippen LogP) is 3.21.